The molecule has 140 valence electrons. The molecule has 0 aliphatic rings. The van der Waals surface area contributed by atoms with Crippen LogP contribution in [0.25, 0.3) is 10.9 Å². The highest BCUT2D eigenvalue weighted by Crippen LogP contribution is 2.33. The summed E-state index contributed by atoms with van der Waals surface area (Å²) in [5.41, 5.74) is 7.51. The minimum atomic E-state index is -3.49. The summed E-state index contributed by atoms with van der Waals surface area (Å²) in [4.78, 5) is 16.3. The summed E-state index contributed by atoms with van der Waals surface area (Å²) in [6.45, 7) is 1.88. The van der Waals surface area contributed by atoms with Gasteiger partial charge in [-0.25, -0.2) is 12.8 Å². The lowest BCUT2D eigenvalue weighted by atomic mass is 10.0. The number of nitrogens with zero attached hydrogens (tertiary/aromatic N) is 1. The molecule has 0 atom stereocenters. The zero-order chi connectivity index (χ0) is 19.8. The number of fused-ring (bicyclic) bond motifs is 1. The maximum Gasteiger partial charge on any atom is 0.252 e. The third-order valence-electron chi connectivity index (χ3n) is 4.19. The van der Waals surface area contributed by atoms with Crippen molar-refractivity contribution < 1.29 is 17.6 Å². The van der Waals surface area contributed by atoms with Gasteiger partial charge in [0.25, 0.3) is 5.91 Å². The number of carbonyl (C=O) groups is 1. The predicted octanol–water partition coefficient (Wildman–Crippen LogP) is 3.18. The van der Waals surface area contributed by atoms with Crippen LogP contribution in [0.15, 0.2) is 47.5 Å². The monoisotopic (exact) mass is 387 g/mol. The van der Waals surface area contributed by atoms with Crippen LogP contribution in [0, 0.1) is 5.82 Å². The topological polar surface area (TPSA) is 102 Å². The first kappa shape index (κ1) is 18.8. The minimum absolute atomic E-state index is 0.0828. The first-order chi connectivity index (χ1) is 12.7. The number of rotatable bonds is 5. The summed E-state index contributed by atoms with van der Waals surface area (Å²) < 4.78 is 37.8. The van der Waals surface area contributed by atoms with Gasteiger partial charge in [0.15, 0.2) is 9.84 Å². The van der Waals surface area contributed by atoms with Crippen molar-refractivity contribution in [2.75, 3.05) is 11.6 Å². The number of hydrogen-bond acceptors (Lipinski definition) is 5. The normalized spacial score (nSPS) is 11.5. The highest BCUT2D eigenvalue weighted by atomic mass is 32.2. The Morgan fingerprint density at radius 2 is 2.00 bits per heavy atom. The maximum atomic E-state index is 13.6. The molecule has 1 aromatic heterocycles. The molecule has 0 fully saturated rings. The van der Waals surface area contributed by atoms with Crippen LogP contribution >= 0.6 is 0 Å². The van der Waals surface area contributed by atoms with E-state index < -0.39 is 21.6 Å². The smallest absolute Gasteiger partial charge is 0.252 e. The van der Waals surface area contributed by atoms with Gasteiger partial charge >= 0.3 is 0 Å². The Hall–Kier alpha value is -3.00. The van der Waals surface area contributed by atoms with Crippen molar-refractivity contribution in [3.8, 4) is 0 Å². The van der Waals surface area contributed by atoms with E-state index in [1.54, 1.807) is 12.1 Å². The molecule has 0 unspecified atom stereocenters. The Kier molecular flexibility index (Phi) is 4.84. The van der Waals surface area contributed by atoms with Crippen molar-refractivity contribution >= 4 is 38.0 Å². The molecule has 27 heavy (non-hydrogen) atoms. The van der Waals surface area contributed by atoms with Gasteiger partial charge in [0, 0.05) is 23.5 Å². The van der Waals surface area contributed by atoms with E-state index in [1.807, 2.05) is 6.92 Å². The Morgan fingerprint density at radius 3 is 2.59 bits per heavy atom. The molecule has 1 heterocycles. The van der Waals surface area contributed by atoms with Crippen molar-refractivity contribution in [1.82, 2.24) is 4.98 Å². The lowest BCUT2D eigenvalue weighted by molar-refractivity contribution is 0.100. The van der Waals surface area contributed by atoms with Gasteiger partial charge in [-0.05, 0) is 42.3 Å². The largest absolute Gasteiger partial charge is 0.365 e. The number of nitrogens with one attached hydrogen (secondary N) is 1. The average molecular weight is 387 g/mol. The second-order valence-electron chi connectivity index (χ2n) is 6.15. The molecule has 3 aromatic rings. The highest BCUT2D eigenvalue weighted by molar-refractivity contribution is 7.90. The van der Waals surface area contributed by atoms with Gasteiger partial charge < -0.3 is 11.1 Å². The molecular formula is C19H18FN3O3S. The number of aromatic nitrogens is 1. The number of halogens is 1. The number of amides is 1. The van der Waals surface area contributed by atoms with Gasteiger partial charge in [-0.15, -0.1) is 0 Å². The lowest BCUT2D eigenvalue weighted by Crippen LogP contribution is -2.14. The lowest BCUT2D eigenvalue weighted by Gasteiger charge is -2.16. The third-order valence-corrected chi connectivity index (χ3v) is 5.28. The van der Waals surface area contributed by atoms with Crippen LogP contribution in [-0.4, -0.2) is 25.6 Å². The quantitative estimate of drug-likeness (QED) is 0.700. The number of aryl methyl sites for hydroxylation is 1. The number of hydrogen-bond donors (Lipinski definition) is 2. The SMILES string of the molecule is CCc1cc(S(C)(=O)=O)cc2c(Nc3cccc(F)c3)c(C(N)=O)cnc12. The van der Waals surface area contributed by atoms with Crippen molar-refractivity contribution in [1.29, 1.82) is 0 Å². The second kappa shape index (κ2) is 6.96. The fourth-order valence-electron chi connectivity index (χ4n) is 2.86. The number of benzene rings is 2. The van der Waals surface area contributed by atoms with E-state index in [-0.39, 0.29) is 10.5 Å². The first-order valence-electron chi connectivity index (χ1n) is 8.18. The molecule has 0 saturated heterocycles. The summed E-state index contributed by atoms with van der Waals surface area (Å²) >= 11 is 0. The summed E-state index contributed by atoms with van der Waals surface area (Å²) in [5, 5.41) is 3.42. The van der Waals surface area contributed by atoms with Crippen LogP contribution in [0.3, 0.4) is 0 Å². The molecule has 0 aliphatic carbocycles. The first-order valence-corrected chi connectivity index (χ1v) is 10.1. The van der Waals surface area contributed by atoms with Gasteiger partial charge in [-0.2, -0.15) is 0 Å². The summed E-state index contributed by atoms with van der Waals surface area (Å²) in [5.74, 6) is -1.18. The third kappa shape index (κ3) is 3.75. The second-order valence-corrected chi connectivity index (χ2v) is 8.17. The number of anilines is 2. The molecule has 3 rings (SSSR count). The average Bonchev–Trinajstić information content (AvgIpc) is 2.60. The van der Waals surface area contributed by atoms with Crippen molar-refractivity contribution in [2.24, 2.45) is 5.73 Å². The van der Waals surface area contributed by atoms with Crippen molar-refractivity contribution in [3.05, 3.63) is 59.5 Å². The summed E-state index contributed by atoms with van der Waals surface area (Å²) in [7, 11) is -3.49. The van der Waals surface area contributed by atoms with Gasteiger partial charge in [-0.3, -0.25) is 9.78 Å². The Labute approximate surface area is 156 Å². The molecule has 2 aromatic carbocycles. The van der Waals surface area contributed by atoms with E-state index in [1.165, 1.54) is 30.5 Å². The van der Waals surface area contributed by atoms with Crippen molar-refractivity contribution in [2.45, 2.75) is 18.2 Å². The Balaban J connectivity index is 2.36. The molecule has 8 heteroatoms. The summed E-state index contributed by atoms with van der Waals surface area (Å²) in [6, 6.07) is 8.72. The van der Waals surface area contributed by atoms with Gasteiger partial charge in [0.05, 0.1) is 21.7 Å². The predicted molar refractivity (Wildman–Crippen MR) is 102 cm³/mol. The van der Waals surface area contributed by atoms with Crippen LogP contribution < -0.4 is 11.1 Å². The van der Waals surface area contributed by atoms with Crippen molar-refractivity contribution in [3.63, 3.8) is 0 Å². The molecule has 0 radical (unpaired) electrons. The van der Waals surface area contributed by atoms with Crippen LogP contribution in [0.5, 0.6) is 0 Å². The standard InChI is InChI=1S/C19H18FN3O3S/c1-3-11-7-14(27(2,25)26)9-15-17(11)22-10-16(19(21)24)18(15)23-13-6-4-5-12(20)8-13/h4-10H,3H2,1-2H3,(H2,21,24)(H,22,23). The number of nitrogens with two attached hydrogens (primary N) is 1. The number of pyridine rings is 1. The fourth-order valence-corrected chi connectivity index (χ4v) is 3.55. The zero-order valence-electron chi connectivity index (χ0n) is 14.8. The van der Waals surface area contributed by atoms with E-state index in [0.29, 0.717) is 34.3 Å². The van der Waals surface area contributed by atoms with Gasteiger partial charge in [0.1, 0.15) is 5.82 Å². The highest BCUT2D eigenvalue weighted by Gasteiger charge is 2.19. The van der Waals surface area contributed by atoms with E-state index in [4.69, 9.17) is 5.73 Å². The van der Waals surface area contributed by atoms with E-state index in [2.05, 4.69) is 10.3 Å². The van der Waals surface area contributed by atoms with Crippen LogP contribution in [-0.2, 0) is 16.3 Å². The Bertz CT molecular complexity index is 1160. The van der Waals surface area contributed by atoms with Crippen LogP contribution in [0.4, 0.5) is 15.8 Å². The minimum Gasteiger partial charge on any atom is -0.365 e. The Morgan fingerprint density at radius 1 is 1.26 bits per heavy atom. The summed E-state index contributed by atoms with van der Waals surface area (Å²) in [6.07, 6.45) is 2.99. The van der Waals surface area contributed by atoms with Gasteiger partial charge in [-0.1, -0.05) is 13.0 Å². The molecule has 0 saturated carbocycles. The van der Waals surface area contributed by atoms with Gasteiger partial charge in [0.2, 0.25) is 0 Å². The zero-order valence-corrected chi connectivity index (χ0v) is 15.6. The van der Waals surface area contributed by atoms with Crippen LogP contribution in [0.2, 0.25) is 0 Å². The van der Waals surface area contributed by atoms with E-state index >= 15 is 0 Å². The molecule has 1 amide bonds. The number of primary amides is 1. The number of sulfone groups is 1. The molecular weight excluding hydrogens is 369 g/mol. The van der Waals surface area contributed by atoms with Crippen LogP contribution in [0.1, 0.15) is 22.8 Å². The fraction of sp³-hybridized carbons (Fsp3) is 0.158. The molecule has 0 aliphatic heterocycles. The van der Waals surface area contributed by atoms with E-state index in [0.717, 1.165) is 6.26 Å². The molecule has 0 spiro atoms. The van der Waals surface area contributed by atoms with E-state index in [9.17, 15) is 17.6 Å². The number of carbonyl (C=O) groups excluding carboxylic acids is 1. The molecule has 6 nitrogen and oxygen atoms in total. The molecule has 0 bridgehead atoms. The molecule has 3 N–H and O–H groups in total. The maximum absolute atomic E-state index is 13.6.